The molecule has 0 fully saturated rings. The number of nitrogens with zero attached hydrogens (tertiary/aromatic N) is 4. The van der Waals surface area contributed by atoms with E-state index in [0.29, 0.717) is 17.5 Å². The van der Waals surface area contributed by atoms with Gasteiger partial charge in [-0.05, 0) is 59.7 Å². The fourth-order valence-electron chi connectivity index (χ4n) is 8.76. The number of hydrogen-bond donors (Lipinski definition) is 0. The van der Waals surface area contributed by atoms with Gasteiger partial charge < -0.3 is 9.30 Å². The molecule has 0 N–H and O–H groups in total. The predicted octanol–water partition coefficient (Wildman–Crippen LogP) is 12.8. The summed E-state index contributed by atoms with van der Waals surface area (Å²) in [4.78, 5) is 15.0. The van der Waals surface area contributed by atoms with E-state index in [0.717, 1.165) is 44.8 Å². The first kappa shape index (κ1) is 32.1. The lowest BCUT2D eigenvalue weighted by Crippen LogP contribution is -2.17. The standard InChI is InChI=1S/C51H32N4OS/c1-4-13-31(14-5-1)49-52-50(32-15-6-2-7-16-32)54-51(53-49)40-21-12-20-38-36-25-23-34(30-43(36)56-48(38)40)33-24-27-42-41(29-33)37-26-28-45-46(39-19-10-11-22-44(39)57-45)47(37)55(42)35-17-8-3-9-18-35/h1-30,36,43H. The van der Waals surface area contributed by atoms with E-state index >= 15 is 0 Å². The molecule has 0 saturated carbocycles. The molecular weight excluding hydrogens is 717 g/mol. The van der Waals surface area contributed by atoms with E-state index in [1.54, 1.807) is 0 Å². The maximum Gasteiger partial charge on any atom is 0.167 e. The molecule has 10 aromatic rings. The highest BCUT2D eigenvalue weighted by Gasteiger charge is 2.36. The molecule has 7 aromatic carbocycles. The second-order valence-corrected chi connectivity index (χ2v) is 15.8. The smallest absolute Gasteiger partial charge is 0.167 e. The zero-order chi connectivity index (χ0) is 37.5. The number of fused-ring (bicyclic) bond motifs is 10. The molecule has 5 nitrogen and oxygen atoms in total. The van der Waals surface area contributed by atoms with Gasteiger partial charge in [-0.3, -0.25) is 0 Å². The Balaban J connectivity index is 0.963. The van der Waals surface area contributed by atoms with Crippen LogP contribution in [0, 0.1) is 0 Å². The van der Waals surface area contributed by atoms with Gasteiger partial charge in [0.25, 0.3) is 0 Å². The third-order valence-corrected chi connectivity index (χ3v) is 12.5. The normalized spacial score (nSPS) is 15.9. The highest BCUT2D eigenvalue weighted by atomic mass is 32.1. The van der Waals surface area contributed by atoms with Gasteiger partial charge in [0.2, 0.25) is 0 Å². The molecule has 6 heteroatoms. The van der Waals surface area contributed by atoms with Gasteiger partial charge >= 0.3 is 0 Å². The molecule has 0 saturated heterocycles. The van der Waals surface area contributed by atoms with Gasteiger partial charge in [-0.2, -0.15) is 0 Å². The lowest BCUT2D eigenvalue weighted by atomic mass is 9.87. The maximum absolute atomic E-state index is 6.91. The third-order valence-electron chi connectivity index (χ3n) is 11.4. The zero-order valence-electron chi connectivity index (χ0n) is 30.6. The Kier molecular flexibility index (Phi) is 7.16. The number of allylic oxidation sites excluding steroid dienone is 2. The van der Waals surface area contributed by atoms with Gasteiger partial charge in [-0.25, -0.2) is 15.0 Å². The van der Waals surface area contributed by atoms with Gasteiger partial charge in [0.05, 0.1) is 16.6 Å². The molecule has 12 rings (SSSR count). The summed E-state index contributed by atoms with van der Waals surface area (Å²) in [6, 6.07) is 57.5. The highest BCUT2D eigenvalue weighted by molar-refractivity contribution is 7.26. The molecule has 57 heavy (non-hydrogen) atoms. The topological polar surface area (TPSA) is 52.8 Å². The van der Waals surface area contributed by atoms with Gasteiger partial charge in [0, 0.05) is 59.2 Å². The summed E-state index contributed by atoms with van der Waals surface area (Å²) in [5, 5.41) is 5.10. The van der Waals surface area contributed by atoms with E-state index in [1.165, 1.54) is 42.0 Å². The zero-order valence-corrected chi connectivity index (χ0v) is 31.4. The molecule has 0 spiro atoms. The Bertz CT molecular complexity index is 3220. The van der Waals surface area contributed by atoms with Crippen molar-refractivity contribution in [3.63, 3.8) is 0 Å². The van der Waals surface area contributed by atoms with Crippen molar-refractivity contribution in [1.82, 2.24) is 19.5 Å². The first-order valence-electron chi connectivity index (χ1n) is 19.3. The van der Waals surface area contributed by atoms with E-state index in [1.807, 2.05) is 72.0 Å². The minimum atomic E-state index is -0.164. The molecule has 1 aliphatic carbocycles. The average molecular weight is 749 g/mol. The fourth-order valence-corrected chi connectivity index (χ4v) is 9.87. The van der Waals surface area contributed by atoms with Crippen molar-refractivity contribution in [3.05, 3.63) is 193 Å². The molecule has 0 radical (unpaired) electrons. The summed E-state index contributed by atoms with van der Waals surface area (Å²) in [6.45, 7) is 0. The van der Waals surface area contributed by atoms with Crippen molar-refractivity contribution in [3.8, 4) is 45.6 Å². The fraction of sp³-hybridized carbons (Fsp3) is 0.0392. The molecule has 4 heterocycles. The molecule has 2 aliphatic rings. The Labute approximate surface area is 332 Å². The summed E-state index contributed by atoms with van der Waals surface area (Å²) in [6.07, 6.45) is 6.68. The number of benzene rings is 7. The van der Waals surface area contributed by atoms with E-state index < -0.39 is 0 Å². The van der Waals surface area contributed by atoms with E-state index in [9.17, 15) is 0 Å². The van der Waals surface area contributed by atoms with Crippen LogP contribution in [0.5, 0.6) is 5.75 Å². The molecule has 268 valence electrons. The number of thiophene rings is 1. The predicted molar refractivity (Wildman–Crippen MR) is 234 cm³/mol. The van der Waals surface area contributed by atoms with Crippen molar-refractivity contribution in [2.75, 3.05) is 0 Å². The summed E-state index contributed by atoms with van der Waals surface area (Å²) in [7, 11) is 0. The van der Waals surface area contributed by atoms with E-state index in [-0.39, 0.29) is 12.0 Å². The summed E-state index contributed by atoms with van der Waals surface area (Å²) in [5.41, 5.74) is 9.79. The van der Waals surface area contributed by atoms with E-state index in [4.69, 9.17) is 19.7 Å². The second kappa shape index (κ2) is 12.7. The number of aromatic nitrogens is 4. The molecule has 1 aliphatic heterocycles. The minimum absolute atomic E-state index is 0.0802. The van der Waals surface area contributed by atoms with Crippen LogP contribution in [-0.4, -0.2) is 25.6 Å². The van der Waals surface area contributed by atoms with Crippen LogP contribution in [0.15, 0.2) is 182 Å². The lowest BCUT2D eigenvalue weighted by molar-refractivity contribution is 0.270. The molecule has 2 atom stereocenters. The van der Waals surface area contributed by atoms with Gasteiger partial charge in [0.1, 0.15) is 11.9 Å². The van der Waals surface area contributed by atoms with Crippen LogP contribution in [0.2, 0.25) is 0 Å². The second-order valence-electron chi connectivity index (χ2n) is 14.7. The highest BCUT2D eigenvalue weighted by Crippen LogP contribution is 2.48. The molecule has 2 unspecified atom stereocenters. The van der Waals surface area contributed by atoms with E-state index in [2.05, 4.69) is 126 Å². The Hall–Kier alpha value is -7.15. The van der Waals surface area contributed by atoms with Crippen molar-refractivity contribution >= 4 is 58.9 Å². The lowest BCUT2D eigenvalue weighted by Gasteiger charge is -2.19. The summed E-state index contributed by atoms with van der Waals surface area (Å²) in [5.74, 6) is 2.76. The molecule has 0 bridgehead atoms. The van der Waals surface area contributed by atoms with Gasteiger partial charge in [-0.1, -0.05) is 133 Å². The monoisotopic (exact) mass is 748 g/mol. The van der Waals surface area contributed by atoms with Crippen LogP contribution in [0.3, 0.4) is 0 Å². The van der Waals surface area contributed by atoms with Crippen molar-refractivity contribution in [1.29, 1.82) is 0 Å². The van der Waals surface area contributed by atoms with Crippen LogP contribution >= 0.6 is 11.3 Å². The largest absolute Gasteiger partial charge is 0.484 e. The Morgan fingerprint density at radius 3 is 2.02 bits per heavy atom. The molecular formula is C51H32N4OS. The Morgan fingerprint density at radius 1 is 0.544 bits per heavy atom. The SMILES string of the molecule is C1=CC2c3cccc(-c4nc(-c5ccccc5)nc(-c5ccccc5)n4)c3OC2C=C1c1ccc2c(c1)c1ccc3sc4ccccc4c3c1n2-c1ccccc1. The third kappa shape index (κ3) is 5.11. The van der Waals surface area contributed by atoms with Gasteiger partial charge in [-0.15, -0.1) is 11.3 Å². The van der Waals surface area contributed by atoms with Crippen LogP contribution in [-0.2, 0) is 0 Å². The number of rotatable bonds is 5. The van der Waals surface area contributed by atoms with Crippen LogP contribution in [0.1, 0.15) is 17.0 Å². The Morgan fingerprint density at radius 2 is 1.25 bits per heavy atom. The first-order chi connectivity index (χ1) is 28.2. The van der Waals surface area contributed by atoms with Crippen molar-refractivity contribution < 1.29 is 4.74 Å². The average Bonchev–Trinajstić information content (AvgIpc) is 3.96. The minimum Gasteiger partial charge on any atom is -0.484 e. The number of para-hydroxylation sites is 2. The van der Waals surface area contributed by atoms with Crippen LogP contribution < -0.4 is 4.74 Å². The number of hydrogen-bond acceptors (Lipinski definition) is 5. The van der Waals surface area contributed by atoms with Crippen molar-refractivity contribution in [2.45, 2.75) is 12.0 Å². The molecule has 0 amide bonds. The first-order valence-corrected chi connectivity index (χ1v) is 20.1. The summed E-state index contributed by atoms with van der Waals surface area (Å²) >= 11 is 1.86. The van der Waals surface area contributed by atoms with Crippen LogP contribution in [0.25, 0.3) is 87.4 Å². The van der Waals surface area contributed by atoms with Gasteiger partial charge in [0.15, 0.2) is 17.5 Å². The molecule has 3 aromatic heterocycles. The summed E-state index contributed by atoms with van der Waals surface area (Å²) < 4.78 is 12.0. The van der Waals surface area contributed by atoms with Crippen LogP contribution in [0.4, 0.5) is 0 Å². The quantitative estimate of drug-likeness (QED) is 0.176. The van der Waals surface area contributed by atoms with Crippen molar-refractivity contribution in [2.24, 2.45) is 0 Å². The maximum atomic E-state index is 6.91. The number of ether oxygens (including phenoxy) is 1.